The number of aromatic nitrogens is 7. The van der Waals surface area contributed by atoms with Crippen LogP contribution in [-0.4, -0.2) is 41.0 Å². The van der Waals surface area contributed by atoms with Crippen molar-refractivity contribution in [3.63, 3.8) is 0 Å². The Morgan fingerprint density at radius 2 is 1.81 bits per heavy atom. The smallest absolute Gasteiger partial charge is 0.224 e. The molecule has 6 aromatic rings. The van der Waals surface area contributed by atoms with Crippen LogP contribution in [0.25, 0.3) is 55.7 Å². The van der Waals surface area contributed by atoms with Crippen molar-refractivity contribution in [3.8, 4) is 33.8 Å². The minimum atomic E-state index is -0.00148. The number of benzene rings is 1. The van der Waals surface area contributed by atoms with Gasteiger partial charge in [-0.15, -0.1) is 0 Å². The van der Waals surface area contributed by atoms with E-state index in [2.05, 4.69) is 48.4 Å². The van der Waals surface area contributed by atoms with E-state index >= 15 is 0 Å². The van der Waals surface area contributed by atoms with Gasteiger partial charge in [0.05, 0.1) is 29.1 Å². The first-order chi connectivity index (χ1) is 18.2. The van der Waals surface area contributed by atoms with Crippen LogP contribution in [0.2, 0.25) is 0 Å². The monoisotopic (exact) mass is 488 g/mol. The zero-order valence-corrected chi connectivity index (χ0v) is 20.2. The van der Waals surface area contributed by atoms with Crippen molar-refractivity contribution in [2.24, 2.45) is 0 Å². The quantitative estimate of drug-likeness (QED) is 0.263. The van der Waals surface area contributed by atoms with Crippen LogP contribution in [0.5, 0.6) is 0 Å². The predicted octanol–water partition coefficient (Wildman–Crippen LogP) is 5.75. The van der Waals surface area contributed by atoms with E-state index in [1.807, 2.05) is 30.3 Å². The van der Waals surface area contributed by atoms with E-state index in [0.717, 1.165) is 57.0 Å². The van der Waals surface area contributed by atoms with Gasteiger partial charge in [0.25, 0.3) is 0 Å². The molecule has 6 rings (SSSR count). The second kappa shape index (κ2) is 9.62. The molecular weight excluding hydrogens is 464 g/mol. The summed E-state index contributed by atoms with van der Waals surface area (Å²) in [5, 5.41) is 11.5. The molecule has 0 bridgehead atoms. The molecule has 0 aliphatic heterocycles. The van der Waals surface area contributed by atoms with E-state index in [-0.39, 0.29) is 5.91 Å². The Morgan fingerprint density at radius 3 is 2.68 bits per heavy atom. The van der Waals surface area contributed by atoms with Gasteiger partial charge in [0.1, 0.15) is 11.2 Å². The first-order valence-corrected chi connectivity index (χ1v) is 12.2. The van der Waals surface area contributed by atoms with Gasteiger partial charge in [-0.05, 0) is 36.2 Å². The van der Waals surface area contributed by atoms with Crippen LogP contribution in [0.15, 0.2) is 73.6 Å². The fourth-order valence-corrected chi connectivity index (χ4v) is 4.38. The molecule has 0 fully saturated rings. The van der Waals surface area contributed by atoms with Crippen LogP contribution >= 0.6 is 0 Å². The second-order valence-electron chi connectivity index (χ2n) is 8.86. The van der Waals surface area contributed by atoms with Crippen molar-refractivity contribution < 1.29 is 4.79 Å². The molecule has 3 N–H and O–H groups in total. The minimum Gasteiger partial charge on any atom is -0.335 e. The lowest BCUT2D eigenvalue weighted by Gasteiger charge is -2.07. The summed E-state index contributed by atoms with van der Waals surface area (Å²) in [7, 11) is 0. The fraction of sp³-hybridized carbons (Fsp3) is 0.143. The number of hydrogen-bond donors (Lipinski definition) is 3. The summed E-state index contributed by atoms with van der Waals surface area (Å²) in [4.78, 5) is 33.4. The third-order valence-electron chi connectivity index (χ3n) is 6.27. The molecule has 5 aromatic heterocycles. The van der Waals surface area contributed by atoms with Crippen molar-refractivity contribution in [1.82, 2.24) is 35.1 Å². The SMILES string of the molecule is CCCCC(=O)Nc1cncc(-c2ccc3[nH]nc(-c4nc5c(-c6cccnc6)cncc5[nH]4)c3c2)c1. The van der Waals surface area contributed by atoms with E-state index in [1.54, 1.807) is 37.2 Å². The minimum absolute atomic E-state index is 0.00148. The maximum absolute atomic E-state index is 12.2. The molecule has 9 heteroatoms. The predicted molar refractivity (Wildman–Crippen MR) is 144 cm³/mol. The number of fused-ring (bicyclic) bond motifs is 2. The maximum Gasteiger partial charge on any atom is 0.224 e. The molecule has 0 saturated heterocycles. The molecule has 0 saturated carbocycles. The Labute approximate surface area is 212 Å². The van der Waals surface area contributed by atoms with E-state index in [0.29, 0.717) is 23.6 Å². The molecule has 0 atom stereocenters. The van der Waals surface area contributed by atoms with Crippen molar-refractivity contribution in [3.05, 3.63) is 73.6 Å². The summed E-state index contributed by atoms with van der Waals surface area (Å²) in [6.07, 6.45) is 12.9. The second-order valence-corrected chi connectivity index (χ2v) is 8.86. The number of aromatic amines is 2. The average Bonchev–Trinajstić information content (AvgIpc) is 3.56. The number of carbonyl (C=O) groups is 1. The lowest BCUT2D eigenvalue weighted by Crippen LogP contribution is -2.11. The van der Waals surface area contributed by atoms with Crippen LogP contribution in [0.1, 0.15) is 26.2 Å². The van der Waals surface area contributed by atoms with Crippen LogP contribution in [0, 0.1) is 0 Å². The van der Waals surface area contributed by atoms with Gasteiger partial charge in [0.2, 0.25) is 5.91 Å². The van der Waals surface area contributed by atoms with Gasteiger partial charge in [0, 0.05) is 53.3 Å². The molecule has 1 amide bonds. The normalized spacial score (nSPS) is 11.3. The van der Waals surface area contributed by atoms with Crippen LogP contribution in [-0.2, 0) is 4.79 Å². The number of H-pyrrole nitrogens is 2. The highest BCUT2D eigenvalue weighted by molar-refractivity contribution is 5.98. The van der Waals surface area contributed by atoms with E-state index in [4.69, 9.17) is 4.98 Å². The maximum atomic E-state index is 12.2. The number of hydrogen-bond acceptors (Lipinski definition) is 6. The third-order valence-corrected chi connectivity index (χ3v) is 6.27. The lowest BCUT2D eigenvalue weighted by atomic mass is 10.0. The summed E-state index contributed by atoms with van der Waals surface area (Å²) in [6, 6.07) is 11.9. The number of nitrogens with one attached hydrogen (secondary N) is 3. The highest BCUT2D eigenvalue weighted by Gasteiger charge is 2.16. The standard InChI is InChI=1S/C28H24N8O/c1-2-3-6-25(37)32-20-10-19(13-30-14-20)17-7-8-23-21(11-17)27(36-35-23)28-33-24-16-31-15-22(26(24)34-28)18-5-4-9-29-12-18/h4-5,7-16H,2-3,6H2,1H3,(H,32,37)(H,33,34)(H,35,36). The number of nitrogens with zero attached hydrogens (tertiary/aromatic N) is 5. The topological polar surface area (TPSA) is 125 Å². The summed E-state index contributed by atoms with van der Waals surface area (Å²) in [6.45, 7) is 2.07. The molecule has 0 aliphatic rings. The average molecular weight is 489 g/mol. The highest BCUT2D eigenvalue weighted by Crippen LogP contribution is 2.33. The van der Waals surface area contributed by atoms with Gasteiger partial charge in [-0.3, -0.25) is 24.8 Å². The molecule has 0 spiro atoms. The third kappa shape index (κ3) is 4.42. The van der Waals surface area contributed by atoms with Crippen molar-refractivity contribution >= 4 is 33.5 Å². The van der Waals surface area contributed by atoms with Crippen molar-refractivity contribution in [2.75, 3.05) is 5.32 Å². The Bertz CT molecular complexity index is 1720. The molecule has 37 heavy (non-hydrogen) atoms. The van der Waals surface area contributed by atoms with Gasteiger partial charge in [0.15, 0.2) is 5.82 Å². The van der Waals surface area contributed by atoms with Crippen molar-refractivity contribution in [1.29, 1.82) is 0 Å². The van der Waals surface area contributed by atoms with Gasteiger partial charge in [-0.1, -0.05) is 25.5 Å². The van der Waals surface area contributed by atoms with Crippen LogP contribution in [0.4, 0.5) is 5.69 Å². The number of unbranched alkanes of at least 4 members (excludes halogenated alkanes) is 1. The van der Waals surface area contributed by atoms with E-state index < -0.39 is 0 Å². The fourth-order valence-electron chi connectivity index (χ4n) is 4.38. The Balaban J connectivity index is 1.37. The Morgan fingerprint density at radius 1 is 0.919 bits per heavy atom. The Hall–Kier alpha value is -4.92. The number of carbonyl (C=O) groups excluding carboxylic acids is 1. The van der Waals surface area contributed by atoms with Crippen LogP contribution < -0.4 is 5.32 Å². The van der Waals surface area contributed by atoms with Gasteiger partial charge < -0.3 is 10.3 Å². The molecule has 0 radical (unpaired) electrons. The lowest BCUT2D eigenvalue weighted by molar-refractivity contribution is -0.116. The number of amides is 1. The number of rotatable bonds is 7. The van der Waals surface area contributed by atoms with Gasteiger partial charge >= 0.3 is 0 Å². The van der Waals surface area contributed by atoms with Crippen LogP contribution in [0.3, 0.4) is 0 Å². The molecule has 0 unspecified atom stereocenters. The highest BCUT2D eigenvalue weighted by atomic mass is 16.1. The molecular formula is C28H24N8O. The van der Waals surface area contributed by atoms with E-state index in [1.165, 1.54) is 0 Å². The summed E-state index contributed by atoms with van der Waals surface area (Å²) >= 11 is 0. The molecule has 182 valence electrons. The van der Waals surface area contributed by atoms with Crippen molar-refractivity contribution in [2.45, 2.75) is 26.2 Å². The molecule has 1 aromatic carbocycles. The number of anilines is 1. The first kappa shape index (κ1) is 22.5. The first-order valence-electron chi connectivity index (χ1n) is 12.2. The summed E-state index contributed by atoms with van der Waals surface area (Å²) < 4.78 is 0. The number of pyridine rings is 3. The zero-order valence-electron chi connectivity index (χ0n) is 20.2. The molecule has 9 nitrogen and oxygen atoms in total. The van der Waals surface area contributed by atoms with Gasteiger partial charge in [-0.2, -0.15) is 5.10 Å². The summed E-state index contributed by atoms with van der Waals surface area (Å²) in [5.41, 5.74) is 7.61. The largest absolute Gasteiger partial charge is 0.335 e. The Kier molecular flexibility index (Phi) is 5.86. The number of imidazole rings is 1. The molecule has 5 heterocycles. The van der Waals surface area contributed by atoms with Gasteiger partial charge in [-0.25, -0.2) is 4.98 Å². The zero-order chi connectivity index (χ0) is 25.2. The summed E-state index contributed by atoms with van der Waals surface area (Å²) in [5.74, 6) is 0.644. The molecule has 0 aliphatic carbocycles. The van der Waals surface area contributed by atoms with E-state index in [9.17, 15) is 4.79 Å².